The molecule has 2 unspecified atom stereocenters. The molecule has 0 aromatic rings. The summed E-state index contributed by atoms with van der Waals surface area (Å²) in [6.07, 6.45) is 6.76. The van der Waals surface area contributed by atoms with Gasteiger partial charge >= 0.3 is 6.03 Å². The molecule has 0 radical (unpaired) electrons. The van der Waals surface area contributed by atoms with Crippen LogP contribution in [0.4, 0.5) is 4.79 Å². The van der Waals surface area contributed by atoms with Gasteiger partial charge in [0.05, 0.1) is 7.11 Å². The molecular formula is C13H22N2O2. The zero-order chi connectivity index (χ0) is 12.0. The average Bonchev–Trinajstić information content (AvgIpc) is 2.98. The quantitative estimate of drug-likeness (QED) is 0.748. The first-order valence-electron chi connectivity index (χ1n) is 6.79. The van der Waals surface area contributed by atoms with Crippen LogP contribution in [-0.4, -0.2) is 31.3 Å². The molecule has 3 saturated carbocycles. The fourth-order valence-electron chi connectivity index (χ4n) is 4.57. The number of hydroxylamine groups is 2. The summed E-state index contributed by atoms with van der Waals surface area (Å²) >= 11 is 0. The number of carbonyl (C=O) groups is 1. The van der Waals surface area contributed by atoms with Crippen LogP contribution in [0.5, 0.6) is 0 Å². The van der Waals surface area contributed by atoms with Crippen molar-refractivity contribution >= 4 is 6.03 Å². The number of nitrogens with one attached hydrogen (secondary N) is 1. The molecule has 3 rings (SSSR count). The van der Waals surface area contributed by atoms with Crippen molar-refractivity contribution in [1.82, 2.24) is 10.4 Å². The topological polar surface area (TPSA) is 41.6 Å². The standard InChI is InChI=1S/C13H22N2O2/c1-15(17-2)13(16)14-12-7-8-6-11(12)10-5-3-4-9(8)10/h8-12H,3-7H2,1-2H3,(H,14,16)/t8-,9?,10?,11-,12-/m1/s1. The van der Waals surface area contributed by atoms with E-state index in [4.69, 9.17) is 4.84 Å². The van der Waals surface area contributed by atoms with Gasteiger partial charge in [-0.05, 0) is 49.4 Å². The Morgan fingerprint density at radius 2 is 2.00 bits per heavy atom. The van der Waals surface area contributed by atoms with Crippen molar-refractivity contribution in [1.29, 1.82) is 0 Å². The highest BCUT2D eigenvalue weighted by molar-refractivity contribution is 5.73. The van der Waals surface area contributed by atoms with Crippen LogP contribution in [-0.2, 0) is 4.84 Å². The summed E-state index contributed by atoms with van der Waals surface area (Å²) in [5, 5.41) is 4.41. The molecule has 3 fully saturated rings. The highest BCUT2D eigenvalue weighted by Crippen LogP contribution is 2.58. The molecule has 0 saturated heterocycles. The molecule has 0 aliphatic heterocycles. The van der Waals surface area contributed by atoms with Crippen LogP contribution in [0.15, 0.2) is 0 Å². The van der Waals surface area contributed by atoms with Crippen molar-refractivity contribution in [2.24, 2.45) is 23.7 Å². The van der Waals surface area contributed by atoms with Gasteiger partial charge in [-0.3, -0.25) is 4.84 Å². The predicted octanol–water partition coefficient (Wildman–Crippen LogP) is 2.01. The van der Waals surface area contributed by atoms with E-state index < -0.39 is 0 Å². The molecule has 0 aromatic heterocycles. The first-order chi connectivity index (χ1) is 8.20. The predicted molar refractivity (Wildman–Crippen MR) is 64.1 cm³/mol. The van der Waals surface area contributed by atoms with Crippen LogP contribution in [0.25, 0.3) is 0 Å². The fraction of sp³-hybridized carbons (Fsp3) is 0.923. The molecule has 0 heterocycles. The van der Waals surface area contributed by atoms with Crippen molar-refractivity contribution in [2.75, 3.05) is 14.2 Å². The van der Waals surface area contributed by atoms with E-state index in [1.807, 2.05) is 0 Å². The number of rotatable bonds is 2. The van der Waals surface area contributed by atoms with Crippen molar-refractivity contribution in [3.63, 3.8) is 0 Å². The maximum atomic E-state index is 11.8. The fourth-order valence-corrected chi connectivity index (χ4v) is 4.57. The largest absolute Gasteiger partial charge is 0.341 e. The first kappa shape index (κ1) is 11.3. The first-order valence-corrected chi connectivity index (χ1v) is 6.79. The van der Waals surface area contributed by atoms with Gasteiger partial charge in [0.1, 0.15) is 0 Å². The Labute approximate surface area is 103 Å². The molecule has 4 nitrogen and oxygen atoms in total. The number of amides is 2. The van der Waals surface area contributed by atoms with Gasteiger partial charge in [0.2, 0.25) is 0 Å². The third-order valence-electron chi connectivity index (χ3n) is 5.30. The van der Waals surface area contributed by atoms with E-state index in [2.05, 4.69) is 5.32 Å². The van der Waals surface area contributed by atoms with Crippen LogP contribution in [0.2, 0.25) is 0 Å². The van der Waals surface area contributed by atoms with Gasteiger partial charge in [-0.25, -0.2) is 9.86 Å². The molecule has 2 amide bonds. The highest BCUT2D eigenvalue weighted by atomic mass is 16.7. The molecule has 2 bridgehead atoms. The summed E-state index contributed by atoms with van der Waals surface area (Å²) in [7, 11) is 3.17. The summed E-state index contributed by atoms with van der Waals surface area (Å²) in [4.78, 5) is 16.7. The second kappa shape index (κ2) is 4.16. The Morgan fingerprint density at radius 3 is 2.76 bits per heavy atom. The summed E-state index contributed by atoms with van der Waals surface area (Å²) in [6.45, 7) is 0. The summed E-state index contributed by atoms with van der Waals surface area (Å²) < 4.78 is 0. The Morgan fingerprint density at radius 1 is 1.24 bits per heavy atom. The van der Waals surface area contributed by atoms with E-state index in [0.717, 1.165) is 23.7 Å². The van der Waals surface area contributed by atoms with Crippen molar-refractivity contribution in [2.45, 2.75) is 38.1 Å². The SMILES string of the molecule is CON(C)C(=O)N[C@@H]1C[C@H]2C[C@@H]1C1CCCC12. The molecule has 96 valence electrons. The molecule has 3 aliphatic rings. The lowest BCUT2D eigenvalue weighted by atomic mass is 9.79. The van der Waals surface area contributed by atoms with Crippen LogP contribution in [0, 0.1) is 23.7 Å². The minimum atomic E-state index is -0.0976. The molecule has 1 N–H and O–H groups in total. The monoisotopic (exact) mass is 238 g/mol. The average molecular weight is 238 g/mol. The van der Waals surface area contributed by atoms with Crippen LogP contribution < -0.4 is 5.32 Å². The lowest BCUT2D eigenvalue weighted by molar-refractivity contribution is -0.0663. The lowest BCUT2D eigenvalue weighted by Crippen LogP contribution is -2.47. The number of hydrogen-bond donors (Lipinski definition) is 1. The van der Waals surface area contributed by atoms with Crippen LogP contribution in [0.1, 0.15) is 32.1 Å². The minimum Gasteiger partial charge on any atom is -0.333 e. The van der Waals surface area contributed by atoms with Crippen molar-refractivity contribution < 1.29 is 9.63 Å². The summed E-state index contributed by atoms with van der Waals surface area (Å²) in [6, 6.07) is 0.295. The Kier molecular flexibility index (Phi) is 2.77. The minimum absolute atomic E-state index is 0.0976. The number of hydrogen-bond acceptors (Lipinski definition) is 2. The second-order valence-electron chi connectivity index (χ2n) is 5.89. The lowest BCUT2D eigenvalue weighted by Gasteiger charge is -2.32. The molecule has 3 aliphatic carbocycles. The van der Waals surface area contributed by atoms with E-state index in [1.165, 1.54) is 44.3 Å². The van der Waals surface area contributed by atoms with Crippen molar-refractivity contribution in [3.05, 3.63) is 0 Å². The summed E-state index contributed by atoms with van der Waals surface area (Å²) in [5.41, 5.74) is 0. The number of nitrogens with zero attached hydrogens (tertiary/aromatic N) is 1. The summed E-state index contributed by atoms with van der Waals surface area (Å²) in [5.74, 6) is 3.49. The second-order valence-corrected chi connectivity index (χ2v) is 5.89. The number of fused-ring (bicyclic) bond motifs is 5. The van der Waals surface area contributed by atoms with Gasteiger partial charge in [0.15, 0.2) is 0 Å². The third kappa shape index (κ3) is 1.73. The van der Waals surface area contributed by atoms with E-state index in [9.17, 15) is 4.79 Å². The molecule has 4 heteroatoms. The highest BCUT2D eigenvalue weighted by Gasteiger charge is 2.54. The van der Waals surface area contributed by atoms with Gasteiger partial charge < -0.3 is 5.32 Å². The van der Waals surface area contributed by atoms with E-state index >= 15 is 0 Å². The van der Waals surface area contributed by atoms with Gasteiger partial charge in [-0.1, -0.05) is 6.42 Å². The zero-order valence-electron chi connectivity index (χ0n) is 10.7. The Bertz CT molecular complexity index is 321. The normalized spacial score (nSPS) is 42.6. The maximum absolute atomic E-state index is 11.8. The Balaban J connectivity index is 1.62. The Hall–Kier alpha value is -0.770. The molecule has 17 heavy (non-hydrogen) atoms. The number of urea groups is 1. The zero-order valence-corrected chi connectivity index (χ0v) is 10.7. The number of carbonyl (C=O) groups excluding carboxylic acids is 1. The molecule has 0 aromatic carbocycles. The molecule has 0 spiro atoms. The maximum Gasteiger partial charge on any atom is 0.341 e. The van der Waals surface area contributed by atoms with E-state index in [0.29, 0.717) is 6.04 Å². The molecule has 5 atom stereocenters. The third-order valence-corrected chi connectivity index (χ3v) is 5.30. The van der Waals surface area contributed by atoms with Crippen LogP contribution >= 0.6 is 0 Å². The van der Waals surface area contributed by atoms with Gasteiger partial charge in [-0.15, -0.1) is 0 Å². The van der Waals surface area contributed by atoms with Gasteiger partial charge in [-0.2, -0.15) is 0 Å². The van der Waals surface area contributed by atoms with Crippen LogP contribution in [0.3, 0.4) is 0 Å². The van der Waals surface area contributed by atoms with Gasteiger partial charge in [0, 0.05) is 13.1 Å². The van der Waals surface area contributed by atoms with E-state index in [-0.39, 0.29) is 6.03 Å². The smallest absolute Gasteiger partial charge is 0.333 e. The molecular weight excluding hydrogens is 216 g/mol. The van der Waals surface area contributed by atoms with E-state index in [1.54, 1.807) is 7.05 Å². The van der Waals surface area contributed by atoms with Crippen molar-refractivity contribution in [3.8, 4) is 0 Å². The van der Waals surface area contributed by atoms with Gasteiger partial charge in [0.25, 0.3) is 0 Å².